The second kappa shape index (κ2) is 7.19. The van der Waals surface area contributed by atoms with Crippen LogP contribution >= 0.6 is 15.9 Å². The van der Waals surface area contributed by atoms with Crippen LogP contribution in [-0.4, -0.2) is 5.91 Å². The van der Waals surface area contributed by atoms with Gasteiger partial charge >= 0.3 is 0 Å². The van der Waals surface area contributed by atoms with Gasteiger partial charge in [-0.1, -0.05) is 34.1 Å². The first-order valence-corrected chi connectivity index (χ1v) is 8.10. The Morgan fingerprint density at radius 1 is 1.04 bits per heavy atom. The quantitative estimate of drug-likeness (QED) is 0.495. The first-order valence-electron chi connectivity index (χ1n) is 7.31. The van der Waals surface area contributed by atoms with Crippen molar-refractivity contribution in [1.29, 1.82) is 0 Å². The van der Waals surface area contributed by atoms with Crippen LogP contribution in [0.4, 0.5) is 11.4 Å². The molecule has 0 saturated heterocycles. The van der Waals surface area contributed by atoms with Gasteiger partial charge in [-0.2, -0.15) is 0 Å². The van der Waals surface area contributed by atoms with Crippen LogP contribution in [0.1, 0.15) is 5.76 Å². The lowest BCUT2D eigenvalue weighted by atomic mass is 10.2. The van der Waals surface area contributed by atoms with E-state index in [9.17, 15) is 4.79 Å². The fourth-order valence-corrected chi connectivity index (χ4v) is 2.64. The lowest BCUT2D eigenvalue weighted by molar-refractivity contribution is -0.111. The number of benzene rings is 2. The van der Waals surface area contributed by atoms with Gasteiger partial charge in [-0.05, 0) is 48.5 Å². The van der Waals surface area contributed by atoms with E-state index >= 15 is 0 Å². The Labute approximate surface area is 148 Å². The predicted octanol–water partition coefficient (Wildman–Crippen LogP) is 4.94. The minimum atomic E-state index is -0.237. The van der Waals surface area contributed by atoms with Gasteiger partial charge in [-0.15, -0.1) is 0 Å². The van der Waals surface area contributed by atoms with E-state index in [1.54, 1.807) is 30.3 Å². The Balaban J connectivity index is 1.68. The van der Waals surface area contributed by atoms with Crippen molar-refractivity contribution in [1.82, 2.24) is 0 Å². The number of amides is 1. The third-order valence-electron chi connectivity index (χ3n) is 3.34. The molecule has 0 spiro atoms. The highest BCUT2D eigenvalue weighted by Gasteiger charge is 2.06. The SMILES string of the molecule is Nc1ccc(NC(=O)/C=C/c2ccc(-c3ccccc3Br)o2)cc1. The number of hydrogen-bond donors (Lipinski definition) is 2. The molecule has 0 radical (unpaired) electrons. The van der Waals surface area contributed by atoms with Crippen LogP contribution < -0.4 is 11.1 Å². The molecular formula is C19H15BrN2O2. The van der Waals surface area contributed by atoms with Crippen LogP contribution in [0, 0.1) is 0 Å². The minimum Gasteiger partial charge on any atom is -0.457 e. The summed E-state index contributed by atoms with van der Waals surface area (Å²) in [7, 11) is 0. The highest BCUT2D eigenvalue weighted by Crippen LogP contribution is 2.29. The third kappa shape index (κ3) is 3.94. The molecule has 3 rings (SSSR count). The van der Waals surface area contributed by atoms with Gasteiger partial charge in [-0.3, -0.25) is 4.79 Å². The highest BCUT2D eigenvalue weighted by atomic mass is 79.9. The molecule has 0 saturated carbocycles. The highest BCUT2D eigenvalue weighted by molar-refractivity contribution is 9.10. The van der Waals surface area contributed by atoms with Crippen LogP contribution in [0.2, 0.25) is 0 Å². The van der Waals surface area contributed by atoms with Crippen molar-refractivity contribution in [2.75, 3.05) is 11.1 Å². The standard InChI is InChI=1S/C19H15BrN2O2/c20-17-4-2-1-3-16(17)18-11-9-15(24-18)10-12-19(23)22-14-7-5-13(21)6-8-14/h1-12H,21H2,(H,22,23)/b12-10+. The molecule has 1 heterocycles. The van der Waals surface area contributed by atoms with Crippen LogP contribution in [0.5, 0.6) is 0 Å². The zero-order chi connectivity index (χ0) is 16.9. The summed E-state index contributed by atoms with van der Waals surface area (Å²) in [4.78, 5) is 11.9. The van der Waals surface area contributed by atoms with Gasteiger partial charge < -0.3 is 15.5 Å². The van der Waals surface area contributed by atoms with E-state index in [1.807, 2.05) is 36.4 Å². The van der Waals surface area contributed by atoms with Gasteiger partial charge in [0.05, 0.1) is 0 Å². The van der Waals surface area contributed by atoms with Crippen molar-refractivity contribution in [3.05, 3.63) is 77.0 Å². The maximum absolute atomic E-state index is 11.9. The van der Waals surface area contributed by atoms with E-state index in [2.05, 4.69) is 21.2 Å². The Morgan fingerprint density at radius 2 is 1.79 bits per heavy atom. The maximum Gasteiger partial charge on any atom is 0.248 e. The van der Waals surface area contributed by atoms with Gasteiger partial charge in [0, 0.05) is 27.5 Å². The lowest BCUT2D eigenvalue weighted by Crippen LogP contribution is -2.07. The number of carbonyl (C=O) groups excluding carboxylic acids is 1. The van der Waals surface area contributed by atoms with E-state index in [-0.39, 0.29) is 5.91 Å². The number of nitrogens with one attached hydrogen (secondary N) is 1. The minimum absolute atomic E-state index is 0.237. The average Bonchev–Trinajstić information content (AvgIpc) is 3.04. The van der Waals surface area contributed by atoms with E-state index < -0.39 is 0 Å². The van der Waals surface area contributed by atoms with Crippen molar-refractivity contribution in [2.45, 2.75) is 0 Å². The fraction of sp³-hybridized carbons (Fsp3) is 0. The normalized spacial score (nSPS) is 10.9. The Bertz CT molecular complexity index is 882. The van der Waals surface area contributed by atoms with E-state index in [0.29, 0.717) is 17.1 Å². The molecule has 5 heteroatoms. The summed E-state index contributed by atoms with van der Waals surface area (Å²) in [5.41, 5.74) is 7.91. The van der Waals surface area contributed by atoms with Crippen LogP contribution in [0.15, 0.2) is 75.6 Å². The molecule has 0 aliphatic carbocycles. The van der Waals surface area contributed by atoms with Gasteiger partial charge in [0.15, 0.2) is 0 Å². The summed E-state index contributed by atoms with van der Waals surface area (Å²) < 4.78 is 6.71. The zero-order valence-corrected chi connectivity index (χ0v) is 14.3. The summed E-state index contributed by atoms with van der Waals surface area (Å²) in [6, 6.07) is 18.5. The van der Waals surface area contributed by atoms with Gasteiger partial charge in [0.25, 0.3) is 0 Å². The number of furan rings is 1. The summed E-state index contributed by atoms with van der Waals surface area (Å²) in [6.07, 6.45) is 3.06. The molecule has 1 amide bonds. The second-order valence-corrected chi connectivity index (χ2v) is 5.98. The molecule has 0 bridgehead atoms. The summed E-state index contributed by atoms with van der Waals surface area (Å²) in [5.74, 6) is 1.10. The molecule has 0 aliphatic heterocycles. The maximum atomic E-state index is 11.9. The van der Waals surface area contributed by atoms with Crippen LogP contribution in [0.25, 0.3) is 17.4 Å². The number of nitrogen functional groups attached to an aromatic ring is 1. The first-order chi connectivity index (χ1) is 11.6. The smallest absolute Gasteiger partial charge is 0.248 e. The predicted molar refractivity (Wildman–Crippen MR) is 100 cm³/mol. The number of anilines is 2. The monoisotopic (exact) mass is 382 g/mol. The molecule has 2 aromatic carbocycles. The first kappa shape index (κ1) is 16.1. The molecule has 1 aromatic heterocycles. The molecule has 3 N–H and O–H groups in total. The van der Waals surface area contributed by atoms with E-state index in [0.717, 1.165) is 15.8 Å². The molecule has 24 heavy (non-hydrogen) atoms. The molecule has 0 unspecified atom stereocenters. The van der Waals surface area contributed by atoms with Gasteiger partial charge in [-0.25, -0.2) is 0 Å². The molecule has 3 aromatic rings. The number of rotatable bonds is 4. The zero-order valence-electron chi connectivity index (χ0n) is 12.7. The fourth-order valence-electron chi connectivity index (χ4n) is 2.16. The van der Waals surface area contributed by atoms with Crippen molar-refractivity contribution in [2.24, 2.45) is 0 Å². The summed E-state index contributed by atoms with van der Waals surface area (Å²) in [6.45, 7) is 0. The van der Waals surface area contributed by atoms with Gasteiger partial charge in [0.2, 0.25) is 5.91 Å². The summed E-state index contributed by atoms with van der Waals surface area (Å²) >= 11 is 3.50. The van der Waals surface area contributed by atoms with E-state index in [1.165, 1.54) is 6.08 Å². The molecule has 120 valence electrons. The number of carbonyl (C=O) groups is 1. The Morgan fingerprint density at radius 3 is 2.54 bits per heavy atom. The van der Waals surface area contributed by atoms with Crippen molar-refractivity contribution in [3.63, 3.8) is 0 Å². The summed E-state index contributed by atoms with van der Waals surface area (Å²) in [5, 5.41) is 2.76. The van der Waals surface area contributed by atoms with Crippen LogP contribution in [0.3, 0.4) is 0 Å². The molecule has 4 nitrogen and oxygen atoms in total. The largest absolute Gasteiger partial charge is 0.457 e. The van der Waals surface area contributed by atoms with Crippen molar-refractivity contribution >= 4 is 39.3 Å². The number of nitrogens with two attached hydrogens (primary N) is 1. The molecule has 0 fully saturated rings. The second-order valence-electron chi connectivity index (χ2n) is 5.13. The van der Waals surface area contributed by atoms with Crippen molar-refractivity contribution < 1.29 is 9.21 Å². The molecule has 0 atom stereocenters. The third-order valence-corrected chi connectivity index (χ3v) is 4.03. The Hall–Kier alpha value is -2.79. The Kier molecular flexibility index (Phi) is 4.82. The lowest BCUT2D eigenvalue weighted by Gasteiger charge is -2.01. The average molecular weight is 383 g/mol. The number of halogens is 1. The van der Waals surface area contributed by atoms with E-state index in [4.69, 9.17) is 10.2 Å². The molecule has 0 aliphatic rings. The molecular weight excluding hydrogens is 368 g/mol. The number of hydrogen-bond acceptors (Lipinski definition) is 3. The van der Waals surface area contributed by atoms with Crippen LogP contribution in [-0.2, 0) is 4.79 Å². The van der Waals surface area contributed by atoms with Crippen molar-refractivity contribution in [3.8, 4) is 11.3 Å². The van der Waals surface area contributed by atoms with Gasteiger partial charge in [0.1, 0.15) is 11.5 Å². The topological polar surface area (TPSA) is 68.3 Å².